The maximum Gasteiger partial charge on any atom is 0.168 e. The van der Waals surface area contributed by atoms with Crippen molar-refractivity contribution < 1.29 is 9.47 Å². The van der Waals surface area contributed by atoms with Crippen molar-refractivity contribution in [2.75, 3.05) is 17.6 Å². The molecule has 1 heterocycles. The van der Waals surface area contributed by atoms with E-state index in [1.54, 1.807) is 0 Å². The van der Waals surface area contributed by atoms with Crippen LogP contribution in [0.5, 0.6) is 0 Å². The van der Waals surface area contributed by atoms with Crippen LogP contribution < -0.4 is 0 Å². The highest BCUT2D eigenvalue weighted by atomic mass is 127. The molecule has 0 aromatic heterocycles. The van der Waals surface area contributed by atoms with Crippen molar-refractivity contribution in [3.05, 3.63) is 0 Å². The molecule has 0 unspecified atom stereocenters. The number of unbranched alkanes of at least 4 members (excludes halogenated alkanes) is 6. The Bertz CT molecular complexity index is 191. The maximum absolute atomic E-state index is 5.90. The van der Waals surface area contributed by atoms with Gasteiger partial charge in [-0.05, 0) is 23.7 Å². The normalized spacial score (nSPS) is 18.3. The third kappa shape index (κ3) is 6.71. The molecular weight excluding hydrogens is 339 g/mol. The third-order valence-corrected chi connectivity index (χ3v) is 4.43. The van der Waals surface area contributed by atoms with E-state index in [2.05, 4.69) is 29.5 Å². The fraction of sp³-hybridized carbons (Fsp3) is 1.00. The summed E-state index contributed by atoms with van der Waals surface area (Å²) in [5.41, 5.74) is 0. The molecule has 1 fully saturated rings. The van der Waals surface area contributed by atoms with E-state index in [1.807, 2.05) is 0 Å². The van der Waals surface area contributed by atoms with Crippen LogP contribution in [0.3, 0.4) is 0 Å². The fourth-order valence-electron chi connectivity index (χ4n) is 2.57. The summed E-state index contributed by atoms with van der Waals surface area (Å²) >= 11 is 2.46. The molecule has 18 heavy (non-hydrogen) atoms. The smallest absolute Gasteiger partial charge is 0.168 e. The number of alkyl halides is 1. The van der Waals surface area contributed by atoms with Gasteiger partial charge in [-0.2, -0.15) is 0 Å². The van der Waals surface area contributed by atoms with E-state index in [0.29, 0.717) is 0 Å². The Labute approximate surface area is 126 Å². The molecule has 0 bridgehead atoms. The lowest BCUT2D eigenvalue weighted by atomic mass is 10.00. The first-order valence-corrected chi connectivity index (χ1v) is 9.19. The van der Waals surface area contributed by atoms with Crippen LogP contribution in [0.25, 0.3) is 0 Å². The zero-order valence-electron chi connectivity index (χ0n) is 11.9. The Kier molecular flexibility index (Phi) is 9.69. The van der Waals surface area contributed by atoms with Crippen molar-refractivity contribution >= 4 is 22.6 Å². The maximum atomic E-state index is 5.90. The highest BCUT2D eigenvalue weighted by Gasteiger charge is 2.34. The Hall–Kier alpha value is 0.650. The fourth-order valence-corrected chi connectivity index (χ4v) is 3.11. The van der Waals surface area contributed by atoms with Gasteiger partial charge in [0.1, 0.15) is 0 Å². The Morgan fingerprint density at radius 3 is 1.94 bits per heavy atom. The first-order valence-electron chi connectivity index (χ1n) is 7.67. The zero-order chi connectivity index (χ0) is 13.1. The van der Waals surface area contributed by atoms with Gasteiger partial charge in [0.2, 0.25) is 0 Å². The number of hydrogen-bond acceptors (Lipinski definition) is 2. The number of halogens is 1. The van der Waals surface area contributed by atoms with Crippen molar-refractivity contribution in [1.82, 2.24) is 0 Å². The topological polar surface area (TPSA) is 18.5 Å². The predicted octanol–water partition coefficient (Wildman–Crippen LogP) is 5.09. The SMILES string of the molecule is CCCCCCC1(CCCCCCI)OCCO1. The lowest BCUT2D eigenvalue weighted by Gasteiger charge is -2.27. The van der Waals surface area contributed by atoms with Gasteiger partial charge >= 0.3 is 0 Å². The van der Waals surface area contributed by atoms with Gasteiger partial charge in [0.25, 0.3) is 0 Å². The summed E-state index contributed by atoms with van der Waals surface area (Å²) in [7, 11) is 0. The van der Waals surface area contributed by atoms with Crippen molar-refractivity contribution in [2.45, 2.75) is 76.9 Å². The molecule has 0 saturated carbocycles. The van der Waals surface area contributed by atoms with E-state index in [1.165, 1.54) is 55.8 Å². The minimum absolute atomic E-state index is 0.210. The van der Waals surface area contributed by atoms with Crippen molar-refractivity contribution in [3.8, 4) is 0 Å². The summed E-state index contributed by atoms with van der Waals surface area (Å²) in [4.78, 5) is 0. The van der Waals surface area contributed by atoms with Crippen molar-refractivity contribution in [2.24, 2.45) is 0 Å². The number of hydrogen-bond donors (Lipinski definition) is 0. The van der Waals surface area contributed by atoms with Crippen LogP contribution in [0.4, 0.5) is 0 Å². The molecule has 0 radical (unpaired) electrons. The molecule has 108 valence electrons. The molecule has 0 aromatic rings. The summed E-state index contributed by atoms with van der Waals surface area (Å²) in [5.74, 6) is -0.210. The van der Waals surface area contributed by atoms with Crippen molar-refractivity contribution in [3.63, 3.8) is 0 Å². The van der Waals surface area contributed by atoms with Gasteiger partial charge in [0.15, 0.2) is 5.79 Å². The highest BCUT2D eigenvalue weighted by Crippen LogP contribution is 2.31. The minimum atomic E-state index is -0.210. The van der Waals surface area contributed by atoms with Gasteiger partial charge in [-0.1, -0.05) is 61.6 Å². The van der Waals surface area contributed by atoms with Crippen LogP contribution in [-0.2, 0) is 9.47 Å². The zero-order valence-corrected chi connectivity index (χ0v) is 14.0. The van der Waals surface area contributed by atoms with Crippen LogP contribution in [-0.4, -0.2) is 23.4 Å². The molecule has 1 saturated heterocycles. The van der Waals surface area contributed by atoms with Gasteiger partial charge in [-0.15, -0.1) is 0 Å². The van der Waals surface area contributed by atoms with E-state index in [4.69, 9.17) is 9.47 Å². The summed E-state index contributed by atoms with van der Waals surface area (Å²) in [6.07, 6.45) is 12.7. The van der Waals surface area contributed by atoms with Crippen LogP contribution in [0.2, 0.25) is 0 Å². The quantitative estimate of drug-likeness (QED) is 0.287. The summed E-state index contributed by atoms with van der Waals surface area (Å²) in [6.45, 7) is 3.84. The van der Waals surface area contributed by atoms with Crippen LogP contribution >= 0.6 is 22.6 Å². The predicted molar refractivity (Wildman–Crippen MR) is 85.4 cm³/mol. The molecule has 0 N–H and O–H groups in total. The molecule has 0 atom stereocenters. The van der Waals surface area contributed by atoms with Gasteiger partial charge in [0, 0.05) is 12.8 Å². The van der Waals surface area contributed by atoms with Crippen LogP contribution in [0.1, 0.15) is 71.1 Å². The van der Waals surface area contributed by atoms with E-state index >= 15 is 0 Å². The van der Waals surface area contributed by atoms with Gasteiger partial charge in [-0.25, -0.2) is 0 Å². The van der Waals surface area contributed by atoms with E-state index in [9.17, 15) is 0 Å². The van der Waals surface area contributed by atoms with Gasteiger partial charge in [-0.3, -0.25) is 0 Å². The first kappa shape index (κ1) is 16.7. The summed E-state index contributed by atoms with van der Waals surface area (Å²) in [6, 6.07) is 0. The highest BCUT2D eigenvalue weighted by molar-refractivity contribution is 14.1. The monoisotopic (exact) mass is 368 g/mol. The van der Waals surface area contributed by atoms with Crippen LogP contribution in [0, 0.1) is 0 Å². The summed E-state index contributed by atoms with van der Waals surface area (Å²) in [5, 5.41) is 0. The van der Waals surface area contributed by atoms with E-state index in [0.717, 1.165) is 26.1 Å². The average molecular weight is 368 g/mol. The lowest BCUT2D eigenvalue weighted by molar-refractivity contribution is -0.168. The molecule has 2 nitrogen and oxygen atoms in total. The second-order valence-corrected chi connectivity index (χ2v) is 6.35. The van der Waals surface area contributed by atoms with Crippen molar-refractivity contribution in [1.29, 1.82) is 0 Å². The molecule has 0 spiro atoms. The second-order valence-electron chi connectivity index (χ2n) is 5.27. The molecule has 0 aromatic carbocycles. The largest absolute Gasteiger partial charge is 0.348 e. The Morgan fingerprint density at radius 2 is 1.39 bits per heavy atom. The van der Waals surface area contributed by atoms with E-state index in [-0.39, 0.29) is 5.79 Å². The molecule has 3 heteroatoms. The molecular formula is C15H29IO2. The van der Waals surface area contributed by atoms with Gasteiger partial charge < -0.3 is 9.47 Å². The molecule has 1 aliphatic rings. The minimum Gasteiger partial charge on any atom is -0.348 e. The third-order valence-electron chi connectivity index (χ3n) is 3.67. The number of rotatable bonds is 11. The first-order chi connectivity index (χ1) is 8.83. The second kappa shape index (κ2) is 10.4. The van der Waals surface area contributed by atoms with E-state index < -0.39 is 0 Å². The molecule has 0 amide bonds. The van der Waals surface area contributed by atoms with Crippen LogP contribution in [0.15, 0.2) is 0 Å². The Balaban J connectivity index is 2.16. The number of ether oxygens (including phenoxy) is 2. The average Bonchev–Trinajstić information content (AvgIpc) is 2.84. The molecule has 1 rings (SSSR count). The molecule has 1 aliphatic heterocycles. The standard InChI is InChI=1S/C15H29IO2/c1-2-3-4-7-10-15(17-13-14-18-15)11-8-5-6-9-12-16/h2-14H2,1H3. The summed E-state index contributed by atoms with van der Waals surface area (Å²) < 4.78 is 13.1. The lowest BCUT2D eigenvalue weighted by Crippen LogP contribution is -2.30. The molecule has 0 aliphatic carbocycles. The Morgan fingerprint density at radius 1 is 0.833 bits per heavy atom. The van der Waals surface area contributed by atoms with Gasteiger partial charge in [0.05, 0.1) is 13.2 Å².